The molecule has 0 aliphatic heterocycles. The lowest BCUT2D eigenvalue weighted by Crippen LogP contribution is -2.33. The molecule has 0 heterocycles. The molecule has 0 aromatic carbocycles. The summed E-state index contributed by atoms with van der Waals surface area (Å²) in [5.74, 6) is 2.72. The summed E-state index contributed by atoms with van der Waals surface area (Å²) in [6, 6.07) is 0. The lowest BCUT2D eigenvalue weighted by Gasteiger charge is -2.32. The quantitative estimate of drug-likeness (QED) is 0.711. The van der Waals surface area contributed by atoms with Crippen LogP contribution in [0.1, 0.15) is 59.3 Å². The molecule has 2 unspecified atom stereocenters. The molecule has 0 saturated heterocycles. The Hall–Kier alpha value is -0.0900. The van der Waals surface area contributed by atoms with Crippen LogP contribution in [0, 0.1) is 17.8 Å². The normalized spacial score (nSPS) is 24.2. The lowest BCUT2D eigenvalue weighted by atomic mass is 9.78. The van der Waals surface area contributed by atoms with Gasteiger partial charge in [0.25, 0.3) is 0 Å². The highest BCUT2D eigenvalue weighted by atomic mass is 32.2. The molecule has 0 radical (unpaired) electrons. The average molecular weight is 304 g/mol. The van der Waals surface area contributed by atoms with Crippen LogP contribution in [0.3, 0.4) is 0 Å². The molecule has 120 valence electrons. The summed E-state index contributed by atoms with van der Waals surface area (Å²) in [6.45, 7) is 8.52. The van der Waals surface area contributed by atoms with Crippen molar-refractivity contribution in [3.8, 4) is 0 Å². The van der Waals surface area contributed by atoms with E-state index in [4.69, 9.17) is 0 Å². The van der Waals surface area contributed by atoms with E-state index in [0.29, 0.717) is 29.3 Å². The zero-order valence-corrected chi connectivity index (χ0v) is 14.3. The van der Waals surface area contributed by atoms with Crippen LogP contribution in [-0.2, 0) is 9.84 Å². The molecule has 1 aliphatic rings. The average Bonchev–Trinajstić information content (AvgIpc) is 2.37. The highest BCUT2D eigenvalue weighted by Gasteiger charge is 2.26. The largest absolute Gasteiger partial charge is 0.316 e. The van der Waals surface area contributed by atoms with E-state index in [-0.39, 0.29) is 0 Å². The highest BCUT2D eigenvalue weighted by Crippen LogP contribution is 2.32. The molecule has 1 saturated carbocycles. The second-order valence-corrected chi connectivity index (χ2v) is 9.10. The molecule has 0 spiro atoms. The van der Waals surface area contributed by atoms with Crippen molar-refractivity contribution in [2.75, 3.05) is 24.6 Å². The van der Waals surface area contributed by atoms with E-state index in [1.165, 1.54) is 25.7 Å². The van der Waals surface area contributed by atoms with Crippen molar-refractivity contribution in [3.05, 3.63) is 0 Å². The molecular weight excluding hydrogens is 270 g/mol. The maximum Gasteiger partial charge on any atom is 0.150 e. The molecule has 1 aliphatic carbocycles. The number of hydrogen-bond donors (Lipinski definition) is 1. The molecule has 0 bridgehead atoms. The van der Waals surface area contributed by atoms with Gasteiger partial charge in [-0.05, 0) is 50.1 Å². The van der Waals surface area contributed by atoms with Gasteiger partial charge >= 0.3 is 0 Å². The van der Waals surface area contributed by atoms with E-state index in [1.54, 1.807) is 0 Å². The summed E-state index contributed by atoms with van der Waals surface area (Å²) in [5.41, 5.74) is 0. The standard InChI is InChI=1S/C16H33NO2S/c1-4-10-20(18,19)11-9-15-7-5-6-8-16(15)13-17-12-14(2)3/h14-17H,4-13H2,1-3H3. The molecule has 1 rings (SSSR count). The Morgan fingerprint density at radius 1 is 1.10 bits per heavy atom. The van der Waals surface area contributed by atoms with E-state index < -0.39 is 9.84 Å². The van der Waals surface area contributed by atoms with Gasteiger partial charge in [0.15, 0.2) is 0 Å². The number of rotatable bonds is 9. The molecule has 2 atom stereocenters. The van der Waals surface area contributed by atoms with Crippen molar-refractivity contribution < 1.29 is 8.42 Å². The zero-order valence-electron chi connectivity index (χ0n) is 13.5. The van der Waals surface area contributed by atoms with E-state index in [1.807, 2.05) is 6.92 Å². The first-order valence-corrected chi connectivity index (χ1v) is 10.2. The van der Waals surface area contributed by atoms with Gasteiger partial charge in [0, 0.05) is 5.75 Å². The van der Waals surface area contributed by atoms with Crippen LogP contribution >= 0.6 is 0 Å². The maximum absolute atomic E-state index is 11.9. The van der Waals surface area contributed by atoms with Crippen molar-refractivity contribution in [1.29, 1.82) is 0 Å². The van der Waals surface area contributed by atoms with Gasteiger partial charge in [0.05, 0.1) is 5.75 Å². The molecule has 20 heavy (non-hydrogen) atoms. The minimum absolute atomic E-state index is 0.357. The van der Waals surface area contributed by atoms with Crippen LogP contribution in [0.4, 0.5) is 0 Å². The minimum Gasteiger partial charge on any atom is -0.316 e. The van der Waals surface area contributed by atoms with Crippen LogP contribution < -0.4 is 5.32 Å². The number of nitrogens with one attached hydrogen (secondary N) is 1. The van der Waals surface area contributed by atoms with Crippen molar-refractivity contribution in [1.82, 2.24) is 5.32 Å². The monoisotopic (exact) mass is 303 g/mol. The van der Waals surface area contributed by atoms with Gasteiger partial charge in [0.1, 0.15) is 9.84 Å². The van der Waals surface area contributed by atoms with Crippen LogP contribution in [-0.4, -0.2) is 33.0 Å². The first kappa shape index (κ1) is 18.0. The Morgan fingerprint density at radius 3 is 2.35 bits per heavy atom. The predicted octanol–water partition coefficient (Wildman–Crippen LogP) is 3.25. The zero-order chi connectivity index (χ0) is 15.0. The van der Waals surface area contributed by atoms with Crippen molar-refractivity contribution >= 4 is 9.84 Å². The summed E-state index contributed by atoms with van der Waals surface area (Å²) >= 11 is 0. The Kier molecular flexibility index (Phi) is 8.11. The molecule has 0 aromatic rings. The molecule has 4 heteroatoms. The van der Waals surface area contributed by atoms with Gasteiger partial charge in [-0.3, -0.25) is 0 Å². The molecule has 3 nitrogen and oxygen atoms in total. The first-order chi connectivity index (χ1) is 9.44. The van der Waals surface area contributed by atoms with Gasteiger partial charge in [-0.25, -0.2) is 8.42 Å². The third kappa shape index (κ3) is 7.07. The first-order valence-electron chi connectivity index (χ1n) is 8.35. The van der Waals surface area contributed by atoms with Crippen LogP contribution in [0.2, 0.25) is 0 Å². The Bertz CT molecular complexity index is 351. The van der Waals surface area contributed by atoms with Crippen molar-refractivity contribution in [3.63, 3.8) is 0 Å². The minimum atomic E-state index is -2.81. The van der Waals surface area contributed by atoms with E-state index in [2.05, 4.69) is 19.2 Å². The van der Waals surface area contributed by atoms with Crippen molar-refractivity contribution in [2.24, 2.45) is 17.8 Å². The van der Waals surface area contributed by atoms with Crippen LogP contribution in [0.25, 0.3) is 0 Å². The Labute approximate surface area is 125 Å². The molecule has 1 N–H and O–H groups in total. The smallest absolute Gasteiger partial charge is 0.150 e. The Balaban J connectivity index is 2.39. The highest BCUT2D eigenvalue weighted by molar-refractivity contribution is 7.91. The van der Waals surface area contributed by atoms with E-state index in [9.17, 15) is 8.42 Å². The fraction of sp³-hybridized carbons (Fsp3) is 1.00. The third-order valence-corrected chi connectivity index (χ3v) is 6.23. The van der Waals surface area contributed by atoms with Gasteiger partial charge in [-0.2, -0.15) is 0 Å². The fourth-order valence-corrected chi connectivity index (χ4v) is 4.72. The van der Waals surface area contributed by atoms with E-state index in [0.717, 1.165) is 25.9 Å². The maximum atomic E-state index is 11.9. The van der Waals surface area contributed by atoms with Gasteiger partial charge < -0.3 is 5.32 Å². The second-order valence-electron chi connectivity index (χ2n) is 6.80. The van der Waals surface area contributed by atoms with Crippen molar-refractivity contribution in [2.45, 2.75) is 59.3 Å². The second kappa shape index (κ2) is 9.04. The summed E-state index contributed by atoms with van der Waals surface area (Å²) in [4.78, 5) is 0. The summed E-state index contributed by atoms with van der Waals surface area (Å²) in [6.07, 6.45) is 6.69. The van der Waals surface area contributed by atoms with Crippen LogP contribution in [0.15, 0.2) is 0 Å². The number of hydrogen-bond acceptors (Lipinski definition) is 3. The topological polar surface area (TPSA) is 46.2 Å². The molecular formula is C16H33NO2S. The van der Waals surface area contributed by atoms with Gasteiger partial charge in [-0.15, -0.1) is 0 Å². The summed E-state index contributed by atoms with van der Waals surface area (Å²) in [5, 5.41) is 3.56. The fourth-order valence-electron chi connectivity index (χ4n) is 3.23. The molecule has 0 aromatic heterocycles. The predicted molar refractivity (Wildman–Crippen MR) is 86.7 cm³/mol. The van der Waals surface area contributed by atoms with Gasteiger partial charge in [-0.1, -0.05) is 40.0 Å². The SMILES string of the molecule is CCCS(=O)(=O)CCC1CCCCC1CNCC(C)C. The van der Waals surface area contributed by atoms with E-state index >= 15 is 0 Å². The number of sulfone groups is 1. The van der Waals surface area contributed by atoms with Crippen LogP contribution in [0.5, 0.6) is 0 Å². The van der Waals surface area contributed by atoms with Gasteiger partial charge in [0.2, 0.25) is 0 Å². The third-order valence-electron chi connectivity index (χ3n) is 4.34. The lowest BCUT2D eigenvalue weighted by molar-refractivity contribution is 0.222. The summed E-state index contributed by atoms with van der Waals surface area (Å²) < 4.78 is 23.7. The summed E-state index contributed by atoms with van der Waals surface area (Å²) in [7, 11) is -2.81. The molecule has 1 fully saturated rings. The Morgan fingerprint density at radius 2 is 1.75 bits per heavy atom. The molecule has 0 amide bonds.